The molecule has 8 heteroatoms. The van der Waals surface area contributed by atoms with Crippen molar-refractivity contribution in [3.63, 3.8) is 0 Å². The van der Waals surface area contributed by atoms with Gasteiger partial charge in [-0.1, -0.05) is 0 Å². The third kappa shape index (κ3) is 4.99. The second-order valence-corrected chi connectivity index (χ2v) is 7.31. The summed E-state index contributed by atoms with van der Waals surface area (Å²) in [6.07, 6.45) is 0. The highest BCUT2D eigenvalue weighted by Crippen LogP contribution is 2.33. The monoisotopic (exact) mass is 404 g/mol. The predicted molar refractivity (Wildman–Crippen MR) is 106 cm³/mol. The van der Waals surface area contributed by atoms with Crippen LogP contribution in [0.5, 0.6) is 11.5 Å². The van der Waals surface area contributed by atoms with Gasteiger partial charge < -0.3 is 14.8 Å². The lowest BCUT2D eigenvalue weighted by Crippen LogP contribution is -2.13. The van der Waals surface area contributed by atoms with E-state index in [2.05, 4.69) is 10.3 Å². The lowest BCUT2D eigenvalue weighted by Gasteiger charge is -2.08. The summed E-state index contributed by atoms with van der Waals surface area (Å²) in [4.78, 5) is 17.4. The van der Waals surface area contributed by atoms with Crippen LogP contribution in [0.1, 0.15) is 0 Å². The van der Waals surface area contributed by atoms with Crippen molar-refractivity contribution in [2.75, 3.05) is 25.3 Å². The zero-order valence-electron chi connectivity index (χ0n) is 14.7. The first kappa shape index (κ1) is 19.2. The highest BCUT2D eigenvalue weighted by atomic mass is 32.2. The number of carbonyl (C=O) groups excluding carboxylic acids is 1. The lowest BCUT2D eigenvalue weighted by atomic mass is 10.1. The maximum absolute atomic E-state index is 12.9. The number of anilines is 1. The van der Waals surface area contributed by atoms with E-state index in [-0.39, 0.29) is 17.5 Å². The van der Waals surface area contributed by atoms with E-state index in [1.807, 2.05) is 23.6 Å². The van der Waals surface area contributed by atoms with E-state index in [0.717, 1.165) is 16.2 Å². The Morgan fingerprint density at radius 1 is 1.15 bits per heavy atom. The molecule has 0 atom stereocenters. The summed E-state index contributed by atoms with van der Waals surface area (Å²) in [6, 6.07) is 11.6. The van der Waals surface area contributed by atoms with E-state index >= 15 is 0 Å². The van der Waals surface area contributed by atoms with Gasteiger partial charge in [0.25, 0.3) is 0 Å². The number of nitrogens with one attached hydrogen (secondary N) is 1. The third-order valence-corrected chi connectivity index (χ3v) is 5.38. The Kier molecular flexibility index (Phi) is 6.31. The Bertz CT molecular complexity index is 929. The number of ether oxygens (including phenoxy) is 2. The number of amides is 1. The molecular formula is C19H17FN2O3S2. The van der Waals surface area contributed by atoms with Crippen molar-refractivity contribution in [1.82, 2.24) is 4.98 Å². The molecule has 1 heterocycles. The fourth-order valence-electron chi connectivity index (χ4n) is 2.29. The van der Waals surface area contributed by atoms with Crippen LogP contribution in [0.2, 0.25) is 0 Å². The molecule has 1 aromatic heterocycles. The Hall–Kier alpha value is -2.58. The van der Waals surface area contributed by atoms with E-state index in [1.54, 1.807) is 26.4 Å². The van der Waals surface area contributed by atoms with Crippen molar-refractivity contribution in [1.29, 1.82) is 0 Å². The molecule has 5 nitrogen and oxygen atoms in total. The van der Waals surface area contributed by atoms with E-state index in [9.17, 15) is 9.18 Å². The molecule has 0 unspecified atom stereocenters. The van der Waals surface area contributed by atoms with Crippen molar-refractivity contribution in [3.05, 3.63) is 53.7 Å². The minimum atomic E-state index is -0.297. The van der Waals surface area contributed by atoms with Gasteiger partial charge in [-0.25, -0.2) is 9.37 Å². The van der Waals surface area contributed by atoms with Gasteiger partial charge in [-0.2, -0.15) is 0 Å². The highest BCUT2D eigenvalue weighted by Gasteiger charge is 2.11. The SMILES string of the molecule is COc1ccc(-c2csc(NC(=O)CSc3ccc(F)cc3)n2)cc1OC. The molecule has 3 rings (SSSR count). The van der Waals surface area contributed by atoms with E-state index in [0.29, 0.717) is 16.6 Å². The molecule has 27 heavy (non-hydrogen) atoms. The predicted octanol–water partition coefficient (Wildman–Crippen LogP) is 4.70. The van der Waals surface area contributed by atoms with Crippen LogP contribution in [0.4, 0.5) is 9.52 Å². The first-order valence-electron chi connectivity index (χ1n) is 7.95. The lowest BCUT2D eigenvalue weighted by molar-refractivity contribution is -0.113. The number of hydrogen-bond donors (Lipinski definition) is 1. The molecule has 2 aromatic carbocycles. The average molecular weight is 404 g/mol. The summed E-state index contributed by atoms with van der Waals surface area (Å²) in [5.74, 6) is 1.01. The molecule has 0 saturated carbocycles. The number of rotatable bonds is 7. The van der Waals surface area contributed by atoms with Gasteiger partial charge in [-0.15, -0.1) is 23.1 Å². The molecule has 3 aromatic rings. The number of thiazole rings is 1. The van der Waals surface area contributed by atoms with Crippen molar-refractivity contribution in [2.24, 2.45) is 0 Å². The maximum Gasteiger partial charge on any atom is 0.236 e. The van der Waals surface area contributed by atoms with Crippen LogP contribution < -0.4 is 14.8 Å². The fraction of sp³-hybridized carbons (Fsp3) is 0.158. The van der Waals surface area contributed by atoms with Crippen molar-refractivity contribution < 1.29 is 18.7 Å². The first-order valence-corrected chi connectivity index (χ1v) is 9.81. The Morgan fingerprint density at radius 2 is 1.89 bits per heavy atom. The molecular weight excluding hydrogens is 387 g/mol. The van der Waals surface area contributed by atoms with Crippen molar-refractivity contribution in [2.45, 2.75) is 4.90 Å². The van der Waals surface area contributed by atoms with Crippen LogP contribution >= 0.6 is 23.1 Å². The molecule has 140 valence electrons. The van der Waals surface area contributed by atoms with E-state index < -0.39 is 0 Å². The largest absolute Gasteiger partial charge is 0.493 e. The molecule has 0 aliphatic carbocycles. The standard InChI is InChI=1S/C19H17FN2O3S2/c1-24-16-8-3-12(9-17(16)25-2)15-10-27-19(21-15)22-18(23)11-26-14-6-4-13(20)5-7-14/h3-10H,11H2,1-2H3,(H,21,22,23). The van der Waals surface area contributed by atoms with Crippen LogP contribution in [0.3, 0.4) is 0 Å². The van der Waals surface area contributed by atoms with Crippen LogP contribution in [0, 0.1) is 5.82 Å². The average Bonchev–Trinajstić information content (AvgIpc) is 3.15. The number of methoxy groups -OCH3 is 2. The third-order valence-electron chi connectivity index (χ3n) is 3.61. The van der Waals surface area contributed by atoms with Gasteiger partial charge in [-0.3, -0.25) is 4.79 Å². The molecule has 1 amide bonds. The second kappa shape index (κ2) is 8.88. The second-order valence-electron chi connectivity index (χ2n) is 5.40. The maximum atomic E-state index is 12.9. The number of halogens is 1. The first-order chi connectivity index (χ1) is 13.1. The van der Waals surface area contributed by atoms with Crippen molar-refractivity contribution in [3.8, 4) is 22.8 Å². The molecule has 0 bridgehead atoms. The van der Waals surface area contributed by atoms with Gasteiger partial charge in [0.15, 0.2) is 16.6 Å². The molecule has 0 radical (unpaired) electrons. The Labute approximate surface area is 164 Å². The summed E-state index contributed by atoms with van der Waals surface area (Å²) in [6.45, 7) is 0. The highest BCUT2D eigenvalue weighted by molar-refractivity contribution is 8.00. The van der Waals surface area contributed by atoms with Gasteiger partial charge in [0.05, 0.1) is 25.7 Å². The van der Waals surface area contributed by atoms with Crippen LogP contribution in [0.25, 0.3) is 11.3 Å². The smallest absolute Gasteiger partial charge is 0.236 e. The summed E-state index contributed by atoms with van der Waals surface area (Å²) in [5.41, 5.74) is 1.60. The molecule has 0 spiro atoms. The number of carbonyl (C=O) groups is 1. The molecule has 0 aliphatic heterocycles. The fourth-order valence-corrected chi connectivity index (χ4v) is 3.73. The van der Waals surface area contributed by atoms with Gasteiger partial charge in [0.2, 0.25) is 5.91 Å². The summed E-state index contributed by atoms with van der Waals surface area (Å²) in [7, 11) is 3.16. The van der Waals surface area contributed by atoms with Gasteiger partial charge in [-0.05, 0) is 42.5 Å². The summed E-state index contributed by atoms with van der Waals surface area (Å²) in [5, 5.41) is 5.17. The van der Waals surface area contributed by atoms with Crippen molar-refractivity contribution >= 4 is 34.1 Å². The Balaban J connectivity index is 1.62. The zero-order chi connectivity index (χ0) is 19.2. The zero-order valence-corrected chi connectivity index (χ0v) is 16.3. The topological polar surface area (TPSA) is 60.5 Å². The molecule has 0 aliphatic rings. The van der Waals surface area contributed by atoms with Gasteiger partial charge >= 0.3 is 0 Å². The van der Waals surface area contributed by atoms with Gasteiger partial charge in [0.1, 0.15) is 5.82 Å². The van der Waals surface area contributed by atoms with Crippen LogP contribution in [-0.4, -0.2) is 30.9 Å². The van der Waals surface area contributed by atoms with Gasteiger partial charge in [0, 0.05) is 15.8 Å². The molecule has 1 N–H and O–H groups in total. The van der Waals surface area contributed by atoms with E-state index in [4.69, 9.17) is 9.47 Å². The number of hydrogen-bond acceptors (Lipinski definition) is 6. The quantitative estimate of drug-likeness (QED) is 0.579. The molecule has 0 fully saturated rings. The number of nitrogens with zero attached hydrogens (tertiary/aromatic N) is 1. The van der Waals surface area contributed by atoms with E-state index in [1.165, 1.54) is 35.2 Å². The summed E-state index contributed by atoms with van der Waals surface area (Å²) >= 11 is 2.68. The minimum Gasteiger partial charge on any atom is -0.493 e. The van der Waals surface area contributed by atoms with Crippen LogP contribution in [-0.2, 0) is 4.79 Å². The molecule has 0 saturated heterocycles. The summed E-state index contributed by atoms with van der Waals surface area (Å²) < 4.78 is 23.4. The normalized spacial score (nSPS) is 10.5. The van der Waals surface area contributed by atoms with Crippen LogP contribution in [0.15, 0.2) is 52.7 Å². The number of thioether (sulfide) groups is 1. The minimum absolute atomic E-state index is 0.169. The number of aromatic nitrogens is 1. The number of benzene rings is 2. The Morgan fingerprint density at radius 3 is 2.59 bits per heavy atom.